The highest BCUT2D eigenvalue weighted by Gasteiger charge is 2.23. The first kappa shape index (κ1) is 15.5. The van der Waals surface area contributed by atoms with Crippen LogP contribution in [0.4, 0.5) is 0 Å². The van der Waals surface area contributed by atoms with Crippen LogP contribution in [0.5, 0.6) is 5.75 Å². The molecule has 1 saturated heterocycles. The lowest BCUT2D eigenvalue weighted by atomic mass is 10.1. The number of nitrogens with zero attached hydrogens (tertiary/aromatic N) is 2. The van der Waals surface area contributed by atoms with Crippen LogP contribution in [0, 0.1) is 0 Å². The van der Waals surface area contributed by atoms with Crippen molar-refractivity contribution in [3.05, 3.63) is 59.9 Å². The summed E-state index contributed by atoms with van der Waals surface area (Å²) in [6, 6.07) is 13.3. The third-order valence-corrected chi connectivity index (χ3v) is 3.98. The number of aromatic nitrogens is 1. The number of benzene rings is 1. The van der Waals surface area contributed by atoms with E-state index in [0.717, 1.165) is 31.1 Å². The van der Waals surface area contributed by atoms with E-state index in [-0.39, 0.29) is 11.9 Å². The monoisotopic (exact) mass is 311 g/mol. The van der Waals surface area contributed by atoms with Gasteiger partial charge in [0.2, 0.25) is 0 Å². The largest absolute Gasteiger partial charge is 0.487 e. The minimum absolute atomic E-state index is 0.0790. The molecular formula is C18H21N3O2. The van der Waals surface area contributed by atoms with E-state index < -0.39 is 0 Å². The summed E-state index contributed by atoms with van der Waals surface area (Å²) in [5, 5.41) is 3.29. The fraction of sp³-hybridized carbons (Fsp3) is 0.333. The zero-order valence-electron chi connectivity index (χ0n) is 13.2. The number of carbonyl (C=O) groups is 1. The van der Waals surface area contributed by atoms with E-state index in [2.05, 4.69) is 17.2 Å². The van der Waals surface area contributed by atoms with Crippen molar-refractivity contribution in [2.24, 2.45) is 0 Å². The second kappa shape index (κ2) is 7.24. The number of hydrogen-bond donors (Lipinski definition) is 1. The zero-order valence-corrected chi connectivity index (χ0v) is 13.2. The fourth-order valence-electron chi connectivity index (χ4n) is 2.64. The summed E-state index contributed by atoms with van der Waals surface area (Å²) >= 11 is 0. The Morgan fingerprint density at radius 2 is 2.13 bits per heavy atom. The molecule has 1 aromatic carbocycles. The molecule has 0 spiro atoms. The predicted molar refractivity (Wildman–Crippen MR) is 88.4 cm³/mol. The van der Waals surface area contributed by atoms with Gasteiger partial charge in [-0.05, 0) is 43.3 Å². The Kier molecular flexibility index (Phi) is 4.88. The number of piperazine rings is 1. The third kappa shape index (κ3) is 3.87. The molecular weight excluding hydrogens is 290 g/mol. The SMILES string of the molecule is CC1CNCCN1C(=O)c1ccc(OCc2ccccn2)cc1. The van der Waals surface area contributed by atoms with Crippen LogP contribution in [0.1, 0.15) is 23.0 Å². The van der Waals surface area contributed by atoms with Crippen LogP contribution in [-0.4, -0.2) is 41.5 Å². The maximum atomic E-state index is 12.5. The summed E-state index contributed by atoms with van der Waals surface area (Å²) in [5.74, 6) is 0.816. The fourth-order valence-corrected chi connectivity index (χ4v) is 2.64. The molecule has 1 unspecified atom stereocenters. The molecule has 0 radical (unpaired) electrons. The lowest BCUT2D eigenvalue weighted by Gasteiger charge is -2.34. The summed E-state index contributed by atoms with van der Waals surface area (Å²) in [5.41, 5.74) is 1.58. The van der Waals surface area contributed by atoms with Crippen molar-refractivity contribution in [1.29, 1.82) is 0 Å². The second-order valence-electron chi connectivity index (χ2n) is 5.69. The van der Waals surface area contributed by atoms with Gasteiger partial charge in [-0.1, -0.05) is 6.07 Å². The molecule has 0 saturated carbocycles. The Labute approximate surface area is 136 Å². The van der Waals surface area contributed by atoms with Gasteiger partial charge >= 0.3 is 0 Å². The Bertz CT molecular complexity index is 643. The minimum Gasteiger partial charge on any atom is -0.487 e. The van der Waals surface area contributed by atoms with Gasteiger partial charge < -0.3 is 15.0 Å². The predicted octanol–water partition coefficient (Wildman–Crippen LogP) is 2.09. The van der Waals surface area contributed by atoms with Crippen molar-refractivity contribution in [3.63, 3.8) is 0 Å². The van der Waals surface area contributed by atoms with E-state index in [4.69, 9.17) is 4.74 Å². The first-order chi connectivity index (χ1) is 11.2. The molecule has 120 valence electrons. The van der Waals surface area contributed by atoms with Crippen molar-refractivity contribution in [3.8, 4) is 5.75 Å². The smallest absolute Gasteiger partial charge is 0.254 e. The topological polar surface area (TPSA) is 54.5 Å². The van der Waals surface area contributed by atoms with Crippen molar-refractivity contribution in [2.45, 2.75) is 19.6 Å². The van der Waals surface area contributed by atoms with E-state index in [9.17, 15) is 4.79 Å². The van der Waals surface area contributed by atoms with Gasteiger partial charge in [-0.3, -0.25) is 9.78 Å². The van der Waals surface area contributed by atoms with E-state index >= 15 is 0 Å². The van der Waals surface area contributed by atoms with Crippen molar-refractivity contribution >= 4 is 5.91 Å². The molecule has 0 aliphatic carbocycles. The van der Waals surface area contributed by atoms with E-state index in [1.54, 1.807) is 6.20 Å². The Morgan fingerprint density at radius 3 is 2.83 bits per heavy atom. The van der Waals surface area contributed by atoms with Crippen LogP contribution in [0.2, 0.25) is 0 Å². The van der Waals surface area contributed by atoms with Crippen LogP contribution < -0.4 is 10.1 Å². The van der Waals surface area contributed by atoms with E-state index in [1.165, 1.54) is 0 Å². The summed E-state index contributed by atoms with van der Waals surface area (Å²) in [6.07, 6.45) is 1.75. The normalized spacial score (nSPS) is 17.8. The van der Waals surface area contributed by atoms with Gasteiger partial charge in [-0.15, -0.1) is 0 Å². The zero-order chi connectivity index (χ0) is 16.1. The minimum atomic E-state index is 0.0790. The number of pyridine rings is 1. The molecule has 1 atom stereocenters. The van der Waals surface area contributed by atoms with Gasteiger partial charge in [0.15, 0.2) is 0 Å². The van der Waals surface area contributed by atoms with Gasteiger partial charge in [-0.25, -0.2) is 0 Å². The van der Waals surface area contributed by atoms with Gasteiger partial charge in [0.05, 0.1) is 5.69 Å². The van der Waals surface area contributed by atoms with Crippen molar-refractivity contribution in [1.82, 2.24) is 15.2 Å². The Balaban J connectivity index is 1.61. The Morgan fingerprint density at radius 1 is 1.30 bits per heavy atom. The van der Waals surface area contributed by atoms with Crippen LogP contribution >= 0.6 is 0 Å². The molecule has 5 nitrogen and oxygen atoms in total. The molecule has 3 rings (SSSR count). The third-order valence-electron chi connectivity index (χ3n) is 3.98. The molecule has 1 aliphatic rings. The molecule has 23 heavy (non-hydrogen) atoms. The highest BCUT2D eigenvalue weighted by Crippen LogP contribution is 2.16. The maximum absolute atomic E-state index is 12.5. The first-order valence-electron chi connectivity index (χ1n) is 7.88. The van der Waals surface area contributed by atoms with Crippen molar-refractivity contribution < 1.29 is 9.53 Å². The summed E-state index contributed by atoms with van der Waals surface area (Å²) in [7, 11) is 0. The number of rotatable bonds is 4. The Hall–Kier alpha value is -2.40. The average molecular weight is 311 g/mol. The maximum Gasteiger partial charge on any atom is 0.254 e. The molecule has 1 aliphatic heterocycles. The second-order valence-corrected chi connectivity index (χ2v) is 5.69. The molecule has 0 bridgehead atoms. The lowest BCUT2D eigenvalue weighted by molar-refractivity contribution is 0.0655. The van der Waals surface area contributed by atoms with Crippen LogP contribution in [0.3, 0.4) is 0 Å². The summed E-state index contributed by atoms with van der Waals surface area (Å²) in [4.78, 5) is 18.7. The number of hydrogen-bond acceptors (Lipinski definition) is 4. The molecule has 5 heteroatoms. The van der Waals surface area contributed by atoms with Gasteiger partial charge in [0.25, 0.3) is 5.91 Å². The molecule has 1 aromatic heterocycles. The standard InChI is InChI=1S/C18H21N3O2/c1-14-12-19-10-11-21(14)18(22)15-5-7-17(8-6-15)23-13-16-4-2-3-9-20-16/h2-9,14,19H,10-13H2,1H3. The highest BCUT2D eigenvalue weighted by molar-refractivity contribution is 5.94. The number of ether oxygens (including phenoxy) is 1. The van der Waals surface area contributed by atoms with Crippen LogP contribution in [0.15, 0.2) is 48.7 Å². The van der Waals surface area contributed by atoms with Gasteiger partial charge in [0.1, 0.15) is 12.4 Å². The van der Waals surface area contributed by atoms with Gasteiger partial charge in [0, 0.05) is 37.4 Å². The number of nitrogens with one attached hydrogen (secondary N) is 1. The number of amides is 1. The average Bonchev–Trinajstić information content (AvgIpc) is 2.61. The highest BCUT2D eigenvalue weighted by atomic mass is 16.5. The summed E-state index contributed by atoms with van der Waals surface area (Å²) in [6.45, 7) is 4.92. The molecule has 1 N–H and O–H groups in total. The number of carbonyl (C=O) groups excluding carboxylic acids is 1. The van der Waals surface area contributed by atoms with E-state index in [1.807, 2.05) is 47.4 Å². The summed E-state index contributed by atoms with van der Waals surface area (Å²) < 4.78 is 5.70. The van der Waals surface area contributed by atoms with Gasteiger partial charge in [-0.2, -0.15) is 0 Å². The van der Waals surface area contributed by atoms with E-state index in [0.29, 0.717) is 12.2 Å². The van der Waals surface area contributed by atoms with Crippen LogP contribution in [0.25, 0.3) is 0 Å². The molecule has 2 heterocycles. The van der Waals surface area contributed by atoms with Crippen LogP contribution in [-0.2, 0) is 6.61 Å². The lowest BCUT2D eigenvalue weighted by Crippen LogP contribution is -2.52. The quantitative estimate of drug-likeness (QED) is 0.939. The first-order valence-corrected chi connectivity index (χ1v) is 7.88. The molecule has 2 aromatic rings. The van der Waals surface area contributed by atoms with Crippen molar-refractivity contribution in [2.75, 3.05) is 19.6 Å². The molecule has 1 amide bonds. The molecule has 1 fully saturated rings.